The van der Waals surface area contributed by atoms with Gasteiger partial charge in [0.25, 0.3) is 0 Å². The summed E-state index contributed by atoms with van der Waals surface area (Å²) >= 11 is 1.83. The molecule has 2 rings (SSSR count). The Kier molecular flexibility index (Phi) is 5.10. The van der Waals surface area contributed by atoms with Crippen molar-refractivity contribution < 1.29 is 9.90 Å². The molecule has 0 saturated carbocycles. The highest BCUT2D eigenvalue weighted by atomic mass is 32.2. The monoisotopic (exact) mass is 280 g/mol. The second-order valence-corrected chi connectivity index (χ2v) is 5.77. The maximum atomic E-state index is 11.9. The van der Waals surface area contributed by atoms with Gasteiger partial charge in [0.1, 0.15) is 0 Å². The van der Waals surface area contributed by atoms with Gasteiger partial charge in [0.05, 0.1) is 18.7 Å². The van der Waals surface area contributed by atoms with Crippen LogP contribution in [0.1, 0.15) is 31.4 Å². The van der Waals surface area contributed by atoms with Crippen LogP contribution in [0.15, 0.2) is 29.2 Å². The number of carbonyl (C=O) groups is 1. The molecule has 1 heterocycles. The van der Waals surface area contributed by atoms with Crippen molar-refractivity contribution in [2.24, 2.45) is 0 Å². The SMILES string of the molecule is CCC(CO)NC(=O)NC1CCSc2ccccc21. The number of amides is 2. The highest BCUT2D eigenvalue weighted by molar-refractivity contribution is 7.99. The molecule has 0 bridgehead atoms. The largest absolute Gasteiger partial charge is 0.394 e. The quantitative estimate of drug-likeness (QED) is 0.793. The third-order valence-corrected chi connectivity index (χ3v) is 4.43. The Morgan fingerprint density at radius 2 is 2.32 bits per heavy atom. The molecule has 0 radical (unpaired) electrons. The molecule has 0 aromatic heterocycles. The van der Waals surface area contributed by atoms with Gasteiger partial charge in [0.2, 0.25) is 0 Å². The van der Waals surface area contributed by atoms with Gasteiger partial charge >= 0.3 is 6.03 Å². The number of thioether (sulfide) groups is 1. The lowest BCUT2D eigenvalue weighted by Crippen LogP contribution is -2.45. The van der Waals surface area contributed by atoms with Crippen molar-refractivity contribution >= 4 is 17.8 Å². The Bertz CT molecular complexity index is 435. The van der Waals surface area contributed by atoms with E-state index in [9.17, 15) is 4.79 Å². The Balaban J connectivity index is 1.99. The van der Waals surface area contributed by atoms with Gasteiger partial charge < -0.3 is 15.7 Å². The second kappa shape index (κ2) is 6.82. The Morgan fingerprint density at radius 3 is 3.05 bits per heavy atom. The summed E-state index contributed by atoms with van der Waals surface area (Å²) in [4.78, 5) is 13.2. The molecule has 0 saturated heterocycles. The summed E-state index contributed by atoms with van der Waals surface area (Å²) in [5.41, 5.74) is 1.19. The highest BCUT2D eigenvalue weighted by Gasteiger charge is 2.22. The van der Waals surface area contributed by atoms with E-state index in [-0.39, 0.29) is 24.7 Å². The molecule has 0 aliphatic carbocycles. The molecule has 4 nitrogen and oxygen atoms in total. The first-order valence-corrected chi connectivity index (χ1v) is 7.62. The van der Waals surface area contributed by atoms with Crippen LogP contribution in [0.4, 0.5) is 4.79 Å². The molecule has 2 atom stereocenters. The maximum Gasteiger partial charge on any atom is 0.315 e. The maximum absolute atomic E-state index is 11.9. The van der Waals surface area contributed by atoms with Crippen molar-refractivity contribution in [2.75, 3.05) is 12.4 Å². The second-order valence-electron chi connectivity index (χ2n) is 4.63. The summed E-state index contributed by atoms with van der Waals surface area (Å²) in [5.74, 6) is 1.01. The fourth-order valence-corrected chi connectivity index (χ4v) is 3.28. The number of hydrogen-bond acceptors (Lipinski definition) is 3. The van der Waals surface area contributed by atoms with Gasteiger partial charge in [0, 0.05) is 10.6 Å². The zero-order valence-electron chi connectivity index (χ0n) is 11.1. The smallest absolute Gasteiger partial charge is 0.315 e. The minimum atomic E-state index is -0.201. The summed E-state index contributed by atoms with van der Waals surface area (Å²) in [5, 5.41) is 14.9. The molecule has 5 heteroatoms. The molecule has 1 aromatic carbocycles. The molecule has 1 aliphatic rings. The number of nitrogens with one attached hydrogen (secondary N) is 2. The molecule has 104 valence electrons. The van der Waals surface area contributed by atoms with Crippen LogP contribution < -0.4 is 10.6 Å². The Morgan fingerprint density at radius 1 is 1.53 bits per heavy atom. The lowest BCUT2D eigenvalue weighted by molar-refractivity contribution is 0.211. The van der Waals surface area contributed by atoms with Gasteiger partial charge in [-0.25, -0.2) is 4.79 Å². The van der Waals surface area contributed by atoms with Crippen LogP contribution in [0.2, 0.25) is 0 Å². The zero-order valence-corrected chi connectivity index (χ0v) is 11.9. The Hall–Kier alpha value is -1.20. The molecule has 1 aromatic rings. The first kappa shape index (κ1) is 14.2. The fourth-order valence-electron chi connectivity index (χ4n) is 2.15. The molecule has 1 aliphatic heterocycles. The molecule has 2 unspecified atom stereocenters. The van der Waals surface area contributed by atoms with Gasteiger partial charge in [-0.2, -0.15) is 0 Å². The van der Waals surface area contributed by atoms with E-state index in [4.69, 9.17) is 5.11 Å². The van der Waals surface area contributed by atoms with E-state index in [1.54, 1.807) is 0 Å². The summed E-state index contributed by atoms with van der Waals surface area (Å²) in [7, 11) is 0. The third-order valence-electron chi connectivity index (χ3n) is 3.31. The Labute approximate surface area is 118 Å². The fraction of sp³-hybridized carbons (Fsp3) is 0.500. The van der Waals surface area contributed by atoms with Crippen molar-refractivity contribution in [1.29, 1.82) is 0 Å². The highest BCUT2D eigenvalue weighted by Crippen LogP contribution is 2.35. The molecular weight excluding hydrogens is 260 g/mol. The van der Waals surface area contributed by atoms with E-state index in [0.29, 0.717) is 0 Å². The van der Waals surface area contributed by atoms with E-state index in [1.807, 2.05) is 30.8 Å². The first-order chi connectivity index (χ1) is 9.24. The molecule has 0 spiro atoms. The number of urea groups is 1. The standard InChI is InChI=1S/C14H20N2O2S/c1-2-10(9-17)15-14(18)16-12-7-8-19-13-6-4-3-5-11(12)13/h3-6,10,12,17H,2,7-9H2,1H3,(H2,15,16,18). The molecule has 3 N–H and O–H groups in total. The number of fused-ring (bicyclic) bond motifs is 1. The van der Waals surface area contributed by atoms with Crippen LogP contribution >= 0.6 is 11.8 Å². The molecule has 2 amide bonds. The number of aliphatic hydroxyl groups excluding tert-OH is 1. The van der Waals surface area contributed by atoms with Gasteiger partial charge in [-0.3, -0.25) is 0 Å². The van der Waals surface area contributed by atoms with E-state index >= 15 is 0 Å². The van der Waals surface area contributed by atoms with Crippen LogP contribution in [0.25, 0.3) is 0 Å². The van der Waals surface area contributed by atoms with Crippen molar-refractivity contribution in [3.05, 3.63) is 29.8 Å². The molecular formula is C14H20N2O2S. The number of carbonyl (C=O) groups excluding carboxylic acids is 1. The summed E-state index contributed by atoms with van der Waals surface area (Å²) in [6, 6.07) is 7.87. The lowest BCUT2D eigenvalue weighted by Gasteiger charge is -2.26. The van der Waals surface area contributed by atoms with Crippen molar-refractivity contribution in [2.45, 2.75) is 36.7 Å². The minimum Gasteiger partial charge on any atom is -0.394 e. The third kappa shape index (κ3) is 3.64. The van der Waals surface area contributed by atoms with Gasteiger partial charge in [-0.15, -0.1) is 11.8 Å². The predicted octanol–water partition coefficient (Wildman–Crippen LogP) is 2.29. The molecule has 0 fully saturated rings. The van der Waals surface area contributed by atoms with Crippen molar-refractivity contribution in [1.82, 2.24) is 10.6 Å². The number of hydrogen-bond donors (Lipinski definition) is 3. The minimum absolute atomic E-state index is 0.0268. The van der Waals surface area contributed by atoms with E-state index < -0.39 is 0 Å². The van der Waals surface area contributed by atoms with E-state index in [1.165, 1.54) is 10.5 Å². The molecule has 19 heavy (non-hydrogen) atoms. The summed E-state index contributed by atoms with van der Waals surface area (Å²) in [6.07, 6.45) is 1.66. The van der Waals surface area contributed by atoms with Crippen LogP contribution in [0.5, 0.6) is 0 Å². The first-order valence-electron chi connectivity index (χ1n) is 6.64. The summed E-state index contributed by atoms with van der Waals surface area (Å²) in [6.45, 7) is 1.91. The van der Waals surface area contributed by atoms with Crippen LogP contribution in [-0.2, 0) is 0 Å². The zero-order chi connectivity index (χ0) is 13.7. The number of rotatable bonds is 4. The average molecular weight is 280 g/mol. The van der Waals surface area contributed by atoms with Crippen LogP contribution in [-0.4, -0.2) is 29.5 Å². The van der Waals surface area contributed by atoms with Gasteiger partial charge in [0.15, 0.2) is 0 Å². The predicted molar refractivity (Wildman–Crippen MR) is 77.4 cm³/mol. The van der Waals surface area contributed by atoms with Crippen molar-refractivity contribution in [3.8, 4) is 0 Å². The number of aliphatic hydroxyl groups is 1. The van der Waals surface area contributed by atoms with Gasteiger partial charge in [-0.05, 0) is 24.5 Å². The van der Waals surface area contributed by atoms with Crippen molar-refractivity contribution in [3.63, 3.8) is 0 Å². The number of benzene rings is 1. The topological polar surface area (TPSA) is 61.4 Å². The van der Waals surface area contributed by atoms with Crippen LogP contribution in [0.3, 0.4) is 0 Å². The van der Waals surface area contributed by atoms with Crippen LogP contribution in [0, 0.1) is 0 Å². The normalized spacial score (nSPS) is 19.4. The van der Waals surface area contributed by atoms with Gasteiger partial charge in [-0.1, -0.05) is 25.1 Å². The lowest BCUT2D eigenvalue weighted by atomic mass is 10.0. The average Bonchev–Trinajstić information content (AvgIpc) is 2.45. The summed E-state index contributed by atoms with van der Waals surface area (Å²) < 4.78 is 0. The van der Waals surface area contributed by atoms with E-state index in [2.05, 4.69) is 22.8 Å². The van der Waals surface area contributed by atoms with E-state index in [0.717, 1.165) is 18.6 Å².